The molecule has 5 heteroatoms. The molecule has 5 nitrogen and oxygen atoms in total. The summed E-state index contributed by atoms with van der Waals surface area (Å²) in [6, 6.07) is 0. The minimum atomic E-state index is -0.546. The van der Waals surface area contributed by atoms with Crippen molar-refractivity contribution in [1.29, 1.82) is 0 Å². The minimum absolute atomic E-state index is 0.0809. The molecular weight excluding hydrogens is 837 g/mol. The van der Waals surface area contributed by atoms with Gasteiger partial charge in [0.05, 0.1) is 6.61 Å². The summed E-state index contributed by atoms with van der Waals surface area (Å²) >= 11 is 0. The smallest absolute Gasteiger partial charge is 0.306 e. The van der Waals surface area contributed by atoms with Crippen molar-refractivity contribution in [1.82, 2.24) is 0 Å². The topological polar surface area (TPSA) is 61.8 Å². The summed E-state index contributed by atoms with van der Waals surface area (Å²) in [5, 5.41) is 0. The molecule has 0 fully saturated rings. The fraction of sp³-hybridized carbons (Fsp3) is 0.841. The summed E-state index contributed by atoms with van der Waals surface area (Å²) in [7, 11) is 0. The molecule has 1 unspecified atom stereocenters. The van der Waals surface area contributed by atoms with Gasteiger partial charge < -0.3 is 14.2 Å². The van der Waals surface area contributed by atoms with E-state index in [1.807, 2.05) is 0 Å². The van der Waals surface area contributed by atoms with Crippen molar-refractivity contribution < 1.29 is 23.8 Å². The maximum absolute atomic E-state index is 12.9. The van der Waals surface area contributed by atoms with Crippen LogP contribution >= 0.6 is 0 Å². The van der Waals surface area contributed by atoms with Gasteiger partial charge in [-0.15, -0.1) is 0 Å². The van der Waals surface area contributed by atoms with E-state index in [2.05, 4.69) is 69.4 Å². The van der Waals surface area contributed by atoms with E-state index < -0.39 is 6.10 Å². The SMILES string of the molecule is CC/C=C\C/C=C\C/C=C\C/C=C\CCCCCCC(=O)OC(COCCCCCCCCCCCCCCCCCC)COC(=O)CCCCCCCCCCCCCCCCCCCCC. The standard InChI is InChI=1S/C63H116O5/c1-4-7-10-13-16-19-22-25-28-31-32-34-35-38-41-44-47-50-53-56-62(64)67-60-61(59-66-58-55-52-49-46-43-40-37-30-27-24-21-18-15-12-9-6-3)68-63(65)57-54-51-48-45-42-39-36-33-29-26-23-20-17-14-11-8-5-2/h8,11,17,20,26,29,36,39,61H,4-7,9-10,12-16,18-19,21-25,27-28,30-35,37-38,40-60H2,1-3H3/b11-8-,20-17-,29-26-,39-36-. The molecule has 0 aliphatic heterocycles. The number of carbonyl (C=O) groups is 2. The van der Waals surface area contributed by atoms with Crippen molar-refractivity contribution in [3.8, 4) is 0 Å². The number of ether oxygens (including phenoxy) is 3. The lowest BCUT2D eigenvalue weighted by Gasteiger charge is -2.18. The molecule has 0 bridgehead atoms. The zero-order valence-electron chi connectivity index (χ0n) is 45.9. The maximum atomic E-state index is 12.9. The highest BCUT2D eigenvalue weighted by Crippen LogP contribution is 2.17. The zero-order valence-corrected chi connectivity index (χ0v) is 45.9. The average Bonchev–Trinajstić information content (AvgIpc) is 3.34. The van der Waals surface area contributed by atoms with Gasteiger partial charge in [0, 0.05) is 19.4 Å². The van der Waals surface area contributed by atoms with E-state index in [1.54, 1.807) is 0 Å². The van der Waals surface area contributed by atoms with E-state index in [-0.39, 0.29) is 25.2 Å². The highest BCUT2D eigenvalue weighted by Gasteiger charge is 2.17. The van der Waals surface area contributed by atoms with Crippen LogP contribution in [0.25, 0.3) is 0 Å². The number of hydrogen-bond donors (Lipinski definition) is 0. The Morgan fingerprint density at radius 2 is 0.662 bits per heavy atom. The van der Waals surface area contributed by atoms with Crippen LogP contribution in [0.5, 0.6) is 0 Å². The van der Waals surface area contributed by atoms with Gasteiger partial charge in [0.1, 0.15) is 6.61 Å². The second kappa shape index (κ2) is 59.2. The number of rotatable bonds is 56. The van der Waals surface area contributed by atoms with Crippen LogP contribution in [0, 0.1) is 0 Å². The third kappa shape index (κ3) is 56.4. The van der Waals surface area contributed by atoms with Gasteiger partial charge in [0.15, 0.2) is 6.10 Å². The predicted molar refractivity (Wildman–Crippen MR) is 298 cm³/mol. The first-order chi connectivity index (χ1) is 33.6. The Morgan fingerprint density at radius 3 is 1.06 bits per heavy atom. The average molecular weight is 954 g/mol. The fourth-order valence-corrected chi connectivity index (χ4v) is 8.92. The van der Waals surface area contributed by atoms with Crippen LogP contribution in [-0.4, -0.2) is 37.9 Å². The zero-order chi connectivity index (χ0) is 49.2. The molecule has 68 heavy (non-hydrogen) atoms. The van der Waals surface area contributed by atoms with E-state index in [1.165, 1.54) is 205 Å². The highest BCUT2D eigenvalue weighted by molar-refractivity contribution is 5.70. The van der Waals surface area contributed by atoms with Crippen LogP contribution in [0.1, 0.15) is 316 Å². The Morgan fingerprint density at radius 1 is 0.338 bits per heavy atom. The Bertz CT molecular complexity index is 1120. The number of carbonyl (C=O) groups excluding carboxylic acids is 2. The lowest BCUT2D eigenvalue weighted by Crippen LogP contribution is -2.30. The van der Waals surface area contributed by atoms with Crippen LogP contribution in [0.3, 0.4) is 0 Å². The molecule has 1 atom stereocenters. The lowest BCUT2D eigenvalue weighted by molar-refractivity contribution is -0.163. The molecule has 0 aromatic rings. The molecule has 0 saturated heterocycles. The molecule has 0 heterocycles. The first kappa shape index (κ1) is 65.9. The van der Waals surface area contributed by atoms with Crippen molar-refractivity contribution in [2.75, 3.05) is 19.8 Å². The summed E-state index contributed by atoms with van der Waals surface area (Å²) in [6.07, 6.45) is 74.3. The van der Waals surface area contributed by atoms with Crippen molar-refractivity contribution in [3.05, 3.63) is 48.6 Å². The fourth-order valence-electron chi connectivity index (χ4n) is 8.92. The van der Waals surface area contributed by atoms with E-state index in [4.69, 9.17) is 14.2 Å². The molecular formula is C63H116O5. The van der Waals surface area contributed by atoms with Gasteiger partial charge >= 0.3 is 11.9 Å². The highest BCUT2D eigenvalue weighted by atomic mass is 16.6. The second-order valence-electron chi connectivity index (χ2n) is 20.2. The van der Waals surface area contributed by atoms with Gasteiger partial charge in [-0.3, -0.25) is 9.59 Å². The normalized spacial score (nSPS) is 12.5. The van der Waals surface area contributed by atoms with Gasteiger partial charge in [-0.2, -0.15) is 0 Å². The first-order valence-corrected chi connectivity index (χ1v) is 30.2. The van der Waals surface area contributed by atoms with E-state index in [0.29, 0.717) is 19.4 Å². The summed E-state index contributed by atoms with van der Waals surface area (Å²) in [6.45, 7) is 7.76. The molecule has 0 radical (unpaired) electrons. The van der Waals surface area contributed by atoms with Gasteiger partial charge in [0.2, 0.25) is 0 Å². The van der Waals surface area contributed by atoms with Gasteiger partial charge in [0.25, 0.3) is 0 Å². The molecule has 0 aromatic carbocycles. The maximum Gasteiger partial charge on any atom is 0.306 e. The summed E-state index contributed by atoms with van der Waals surface area (Å²) in [5.74, 6) is -0.404. The number of allylic oxidation sites excluding steroid dienone is 8. The molecule has 0 N–H and O–H groups in total. The Hall–Kier alpha value is -2.14. The lowest BCUT2D eigenvalue weighted by atomic mass is 10.0. The number of unbranched alkanes of at least 4 members (excludes halogenated alkanes) is 37. The Balaban J connectivity index is 4.26. The molecule has 398 valence electrons. The number of hydrogen-bond acceptors (Lipinski definition) is 5. The molecule has 0 aliphatic carbocycles. The van der Waals surface area contributed by atoms with Crippen LogP contribution in [0.4, 0.5) is 0 Å². The molecule has 0 amide bonds. The van der Waals surface area contributed by atoms with E-state index in [9.17, 15) is 9.59 Å². The largest absolute Gasteiger partial charge is 0.462 e. The summed E-state index contributed by atoms with van der Waals surface area (Å²) in [5.41, 5.74) is 0. The third-order valence-corrected chi connectivity index (χ3v) is 13.4. The van der Waals surface area contributed by atoms with Crippen LogP contribution in [-0.2, 0) is 23.8 Å². The van der Waals surface area contributed by atoms with E-state index in [0.717, 1.165) is 77.0 Å². The number of esters is 2. The molecule has 0 aliphatic rings. The van der Waals surface area contributed by atoms with Gasteiger partial charge in [-0.05, 0) is 57.8 Å². The van der Waals surface area contributed by atoms with Crippen LogP contribution in [0.15, 0.2) is 48.6 Å². The molecule has 0 saturated carbocycles. The van der Waals surface area contributed by atoms with Gasteiger partial charge in [-0.1, -0.05) is 294 Å². The second-order valence-corrected chi connectivity index (χ2v) is 20.2. The quantitative estimate of drug-likeness (QED) is 0.0345. The van der Waals surface area contributed by atoms with Gasteiger partial charge in [-0.25, -0.2) is 0 Å². The minimum Gasteiger partial charge on any atom is -0.462 e. The van der Waals surface area contributed by atoms with E-state index >= 15 is 0 Å². The Labute approximate surface area is 424 Å². The van der Waals surface area contributed by atoms with Crippen LogP contribution < -0.4 is 0 Å². The van der Waals surface area contributed by atoms with Crippen molar-refractivity contribution in [2.45, 2.75) is 322 Å². The monoisotopic (exact) mass is 953 g/mol. The van der Waals surface area contributed by atoms with Crippen molar-refractivity contribution >= 4 is 11.9 Å². The van der Waals surface area contributed by atoms with Crippen LogP contribution in [0.2, 0.25) is 0 Å². The molecule has 0 aromatic heterocycles. The van der Waals surface area contributed by atoms with Crippen molar-refractivity contribution in [3.63, 3.8) is 0 Å². The summed E-state index contributed by atoms with van der Waals surface area (Å²) in [4.78, 5) is 25.6. The third-order valence-electron chi connectivity index (χ3n) is 13.4. The predicted octanol–water partition coefficient (Wildman–Crippen LogP) is 20.7. The van der Waals surface area contributed by atoms with Crippen molar-refractivity contribution in [2.24, 2.45) is 0 Å². The Kier molecular flexibility index (Phi) is 57.3. The molecule has 0 rings (SSSR count). The first-order valence-electron chi connectivity index (χ1n) is 30.2. The summed E-state index contributed by atoms with van der Waals surface area (Å²) < 4.78 is 17.5. The molecule has 0 spiro atoms.